The first-order chi connectivity index (χ1) is 9.58. The number of hydrogen-bond donors (Lipinski definition) is 1. The quantitative estimate of drug-likeness (QED) is 0.906. The zero-order chi connectivity index (χ0) is 14.3. The lowest BCUT2D eigenvalue weighted by molar-refractivity contribution is 0.0696. The number of carboxylic acids is 1. The molecule has 1 aliphatic carbocycles. The van der Waals surface area contributed by atoms with Crippen molar-refractivity contribution in [2.75, 3.05) is 0 Å². The van der Waals surface area contributed by atoms with E-state index in [0.717, 1.165) is 28.7 Å². The number of hydrogen-bond acceptors (Lipinski definition) is 2. The lowest BCUT2D eigenvalue weighted by Gasteiger charge is -2.08. The molecular weight excluding hydrogens is 252 g/mol. The molecule has 0 bridgehead atoms. The maximum atomic E-state index is 12.3. The topological polar surface area (TPSA) is 54.4 Å². The van der Waals surface area contributed by atoms with Gasteiger partial charge in [0.25, 0.3) is 0 Å². The molecule has 0 saturated heterocycles. The van der Waals surface area contributed by atoms with Gasteiger partial charge in [-0.1, -0.05) is 37.3 Å². The second-order valence-electron chi connectivity index (χ2n) is 5.19. The molecule has 2 aromatic rings. The first-order valence-corrected chi connectivity index (χ1v) is 6.58. The van der Waals surface area contributed by atoms with Crippen LogP contribution in [0.1, 0.15) is 33.2 Å². The van der Waals surface area contributed by atoms with Gasteiger partial charge in [-0.3, -0.25) is 4.79 Å². The maximum Gasteiger partial charge on any atom is 0.335 e. The van der Waals surface area contributed by atoms with E-state index in [9.17, 15) is 9.59 Å². The van der Waals surface area contributed by atoms with Crippen molar-refractivity contribution in [3.8, 4) is 11.1 Å². The Morgan fingerprint density at radius 2 is 1.85 bits per heavy atom. The highest BCUT2D eigenvalue weighted by molar-refractivity contribution is 6.07. The largest absolute Gasteiger partial charge is 0.478 e. The molecule has 20 heavy (non-hydrogen) atoms. The molecule has 0 radical (unpaired) electrons. The third-order valence-electron chi connectivity index (χ3n) is 3.81. The molecule has 3 rings (SSSR count). The van der Waals surface area contributed by atoms with Gasteiger partial charge in [0.2, 0.25) is 0 Å². The van der Waals surface area contributed by atoms with Gasteiger partial charge in [0.1, 0.15) is 0 Å². The predicted molar refractivity (Wildman–Crippen MR) is 76.0 cm³/mol. The fourth-order valence-corrected chi connectivity index (χ4v) is 2.76. The standard InChI is InChI=1S/C17H14O3/c1-10-9-13-3-2-4-14(15(13)16(10)18)11-5-7-12(8-6-11)17(19)20/h2-8,10H,9H2,1H3,(H,19,20). The number of Topliss-reactive ketones (excluding diaryl/α,β-unsaturated/α-hetero) is 1. The lowest BCUT2D eigenvalue weighted by atomic mass is 9.95. The number of carbonyl (C=O) groups excluding carboxylic acids is 1. The van der Waals surface area contributed by atoms with Crippen molar-refractivity contribution in [1.29, 1.82) is 0 Å². The summed E-state index contributed by atoms with van der Waals surface area (Å²) < 4.78 is 0. The van der Waals surface area contributed by atoms with Crippen LogP contribution in [-0.2, 0) is 6.42 Å². The van der Waals surface area contributed by atoms with Crippen molar-refractivity contribution < 1.29 is 14.7 Å². The van der Waals surface area contributed by atoms with Crippen molar-refractivity contribution in [2.24, 2.45) is 5.92 Å². The minimum atomic E-state index is -0.945. The van der Waals surface area contributed by atoms with E-state index in [0.29, 0.717) is 0 Å². The van der Waals surface area contributed by atoms with E-state index in [1.165, 1.54) is 0 Å². The summed E-state index contributed by atoms with van der Waals surface area (Å²) in [7, 11) is 0. The first kappa shape index (κ1) is 12.6. The number of carboxylic acid groups (broad SMARTS) is 1. The fraction of sp³-hybridized carbons (Fsp3) is 0.176. The minimum absolute atomic E-state index is 0.0319. The summed E-state index contributed by atoms with van der Waals surface area (Å²) in [6, 6.07) is 12.5. The van der Waals surface area contributed by atoms with Crippen molar-refractivity contribution in [3.63, 3.8) is 0 Å². The molecule has 0 spiro atoms. The molecule has 1 unspecified atom stereocenters. The van der Waals surface area contributed by atoms with Gasteiger partial charge in [-0.2, -0.15) is 0 Å². The van der Waals surface area contributed by atoms with Gasteiger partial charge in [-0.15, -0.1) is 0 Å². The third kappa shape index (κ3) is 1.92. The SMILES string of the molecule is CC1Cc2cccc(-c3ccc(C(=O)O)cc3)c2C1=O. The van der Waals surface area contributed by atoms with Crippen LogP contribution in [0.5, 0.6) is 0 Å². The number of rotatable bonds is 2. The van der Waals surface area contributed by atoms with Crippen LogP contribution in [0.3, 0.4) is 0 Å². The second kappa shape index (κ2) is 4.60. The van der Waals surface area contributed by atoms with E-state index in [1.807, 2.05) is 25.1 Å². The van der Waals surface area contributed by atoms with Crippen molar-refractivity contribution >= 4 is 11.8 Å². The van der Waals surface area contributed by atoms with Gasteiger partial charge in [-0.05, 0) is 35.2 Å². The fourth-order valence-electron chi connectivity index (χ4n) is 2.76. The van der Waals surface area contributed by atoms with Crippen LogP contribution in [0.4, 0.5) is 0 Å². The molecule has 0 aliphatic heterocycles. The van der Waals surface area contributed by atoms with Crippen LogP contribution in [0.25, 0.3) is 11.1 Å². The summed E-state index contributed by atoms with van der Waals surface area (Å²) in [5.41, 5.74) is 3.91. The monoisotopic (exact) mass is 266 g/mol. The summed E-state index contributed by atoms with van der Waals surface area (Å²) in [5, 5.41) is 8.92. The molecule has 1 N–H and O–H groups in total. The van der Waals surface area contributed by atoms with Gasteiger partial charge < -0.3 is 5.11 Å². The van der Waals surface area contributed by atoms with Gasteiger partial charge in [0.05, 0.1) is 5.56 Å². The van der Waals surface area contributed by atoms with Gasteiger partial charge in [0, 0.05) is 11.5 Å². The van der Waals surface area contributed by atoms with E-state index in [2.05, 4.69) is 0 Å². The second-order valence-corrected chi connectivity index (χ2v) is 5.19. The number of ketones is 1. The molecule has 1 atom stereocenters. The highest BCUT2D eigenvalue weighted by Crippen LogP contribution is 2.34. The maximum absolute atomic E-state index is 12.3. The first-order valence-electron chi connectivity index (χ1n) is 6.58. The summed E-state index contributed by atoms with van der Waals surface area (Å²) in [6.07, 6.45) is 0.787. The molecule has 0 saturated carbocycles. The average Bonchev–Trinajstić information content (AvgIpc) is 2.74. The highest BCUT2D eigenvalue weighted by Gasteiger charge is 2.29. The van der Waals surface area contributed by atoms with E-state index in [1.54, 1.807) is 24.3 Å². The lowest BCUT2D eigenvalue weighted by Crippen LogP contribution is -2.04. The molecule has 0 aromatic heterocycles. The Bertz CT molecular complexity index is 699. The number of carbonyl (C=O) groups is 2. The van der Waals surface area contributed by atoms with E-state index in [-0.39, 0.29) is 17.3 Å². The molecule has 100 valence electrons. The van der Waals surface area contributed by atoms with Crippen LogP contribution in [0, 0.1) is 5.92 Å². The Labute approximate surface area is 116 Å². The third-order valence-corrected chi connectivity index (χ3v) is 3.81. The molecular formula is C17H14O3. The van der Waals surface area contributed by atoms with Crippen LogP contribution in [0.2, 0.25) is 0 Å². The molecule has 0 fully saturated rings. The Morgan fingerprint density at radius 3 is 2.50 bits per heavy atom. The summed E-state index contributed by atoms with van der Waals surface area (Å²) in [6.45, 7) is 1.94. The molecule has 2 aromatic carbocycles. The predicted octanol–water partition coefficient (Wildman–Crippen LogP) is 3.43. The zero-order valence-corrected chi connectivity index (χ0v) is 11.1. The zero-order valence-electron chi connectivity index (χ0n) is 11.1. The average molecular weight is 266 g/mol. The van der Waals surface area contributed by atoms with Gasteiger partial charge in [0.15, 0.2) is 5.78 Å². The Kier molecular flexibility index (Phi) is 2.90. The van der Waals surface area contributed by atoms with Crippen molar-refractivity contribution in [2.45, 2.75) is 13.3 Å². The number of aromatic carboxylic acids is 1. The van der Waals surface area contributed by atoms with Crippen LogP contribution >= 0.6 is 0 Å². The Morgan fingerprint density at radius 1 is 1.15 bits per heavy atom. The Hall–Kier alpha value is -2.42. The van der Waals surface area contributed by atoms with Crippen LogP contribution in [0.15, 0.2) is 42.5 Å². The molecule has 0 heterocycles. The number of fused-ring (bicyclic) bond motifs is 1. The summed E-state index contributed by atoms with van der Waals surface area (Å²) in [4.78, 5) is 23.1. The van der Waals surface area contributed by atoms with Crippen LogP contribution < -0.4 is 0 Å². The van der Waals surface area contributed by atoms with Crippen molar-refractivity contribution in [1.82, 2.24) is 0 Å². The minimum Gasteiger partial charge on any atom is -0.478 e. The molecule has 3 heteroatoms. The Balaban J connectivity index is 2.10. The van der Waals surface area contributed by atoms with Gasteiger partial charge in [-0.25, -0.2) is 4.79 Å². The molecule has 0 amide bonds. The van der Waals surface area contributed by atoms with E-state index in [4.69, 9.17) is 5.11 Å². The molecule has 1 aliphatic rings. The normalized spacial score (nSPS) is 17.1. The van der Waals surface area contributed by atoms with E-state index < -0.39 is 5.97 Å². The summed E-state index contributed by atoms with van der Waals surface area (Å²) in [5.74, 6) is -0.734. The van der Waals surface area contributed by atoms with Crippen molar-refractivity contribution in [3.05, 3.63) is 59.2 Å². The smallest absolute Gasteiger partial charge is 0.335 e. The van der Waals surface area contributed by atoms with Crippen LogP contribution in [-0.4, -0.2) is 16.9 Å². The number of benzene rings is 2. The molecule has 3 nitrogen and oxygen atoms in total. The van der Waals surface area contributed by atoms with Gasteiger partial charge >= 0.3 is 5.97 Å². The van der Waals surface area contributed by atoms with E-state index >= 15 is 0 Å². The summed E-state index contributed by atoms with van der Waals surface area (Å²) >= 11 is 0. The highest BCUT2D eigenvalue weighted by atomic mass is 16.4.